The maximum Gasteiger partial charge on any atom is 0.137 e. The fraction of sp³-hybridized carbons (Fsp3) is 0.438. The fourth-order valence-corrected chi connectivity index (χ4v) is 3.07. The Morgan fingerprint density at radius 3 is 3.13 bits per heavy atom. The van der Waals surface area contributed by atoms with Crippen molar-refractivity contribution in [3.8, 4) is 0 Å². The molecule has 0 radical (unpaired) electrons. The highest BCUT2D eigenvalue weighted by Gasteiger charge is 2.22. The molecule has 0 spiro atoms. The quantitative estimate of drug-likeness (QED) is 0.723. The molecule has 23 heavy (non-hydrogen) atoms. The summed E-state index contributed by atoms with van der Waals surface area (Å²) in [5.41, 5.74) is 3.31. The molecule has 1 atom stereocenters. The maximum absolute atomic E-state index is 5.84. The number of morpholine rings is 1. The Kier molecular flexibility index (Phi) is 3.80. The van der Waals surface area contributed by atoms with Crippen molar-refractivity contribution in [3.63, 3.8) is 0 Å². The highest BCUT2D eigenvalue weighted by molar-refractivity contribution is 5.41. The first-order valence-electron chi connectivity index (χ1n) is 7.88. The second-order valence-electron chi connectivity index (χ2n) is 5.97. The molecule has 4 heterocycles. The third kappa shape index (κ3) is 3.11. The summed E-state index contributed by atoms with van der Waals surface area (Å²) in [6.45, 7) is 6.24. The molecular weight excluding hydrogens is 292 g/mol. The molecule has 120 valence electrons. The Bertz CT molecular complexity index is 781. The topological polar surface area (TPSA) is 60.5 Å². The number of aryl methyl sites for hydroxylation is 1. The van der Waals surface area contributed by atoms with Crippen LogP contribution in [0.2, 0.25) is 0 Å². The smallest absolute Gasteiger partial charge is 0.137 e. The van der Waals surface area contributed by atoms with E-state index < -0.39 is 0 Å². The van der Waals surface area contributed by atoms with Crippen LogP contribution in [0.3, 0.4) is 0 Å². The summed E-state index contributed by atoms with van der Waals surface area (Å²) >= 11 is 0. The van der Waals surface area contributed by atoms with Crippen LogP contribution in [-0.2, 0) is 17.8 Å². The first kappa shape index (κ1) is 14.3. The Balaban J connectivity index is 1.44. The van der Waals surface area contributed by atoms with Gasteiger partial charge in [-0.25, -0.2) is 9.97 Å². The number of aromatic nitrogens is 5. The lowest BCUT2D eigenvalue weighted by atomic mass is 10.2. The SMILES string of the molecule is Cc1cccc2nc(CN3CCO[C@@H](Cn4cncn4)C3)cn12. The van der Waals surface area contributed by atoms with Crippen molar-refractivity contribution < 1.29 is 4.74 Å². The average molecular weight is 312 g/mol. The van der Waals surface area contributed by atoms with Crippen molar-refractivity contribution in [2.75, 3.05) is 19.7 Å². The van der Waals surface area contributed by atoms with Crippen LogP contribution >= 0.6 is 0 Å². The van der Waals surface area contributed by atoms with Crippen LogP contribution in [0.5, 0.6) is 0 Å². The minimum atomic E-state index is 0.143. The van der Waals surface area contributed by atoms with E-state index in [2.05, 4.69) is 38.6 Å². The number of fused-ring (bicyclic) bond motifs is 1. The molecule has 0 amide bonds. The molecule has 0 saturated carbocycles. The van der Waals surface area contributed by atoms with E-state index in [1.54, 1.807) is 12.7 Å². The summed E-state index contributed by atoms with van der Waals surface area (Å²) in [5.74, 6) is 0. The summed E-state index contributed by atoms with van der Waals surface area (Å²) in [7, 11) is 0. The highest BCUT2D eigenvalue weighted by atomic mass is 16.5. The second-order valence-corrected chi connectivity index (χ2v) is 5.97. The molecule has 7 nitrogen and oxygen atoms in total. The van der Waals surface area contributed by atoms with Gasteiger partial charge in [0.05, 0.1) is 24.9 Å². The van der Waals surface area contributed by atoms with Gasteiger partial charge in [-0.05, 0) is 19.1 Å². The summed E-state index contributed by atoms with van der Waals surface area (Å²) in [5, 5.41) is 4.15. The number of nitrogens with zero attached hydrogens (tertiary/aromatic N) is 6. The number of pyridine rings is 1. The first-order valence-corrected chi connectivity index (χ1v) is 7.88. The van der Waals surface area contributed by atoms with E-state index in [1.807, 2.05) is 16.8 Å². The lowest BCUT2D eigenvalue weighted by Crippen LogP contribution is -2.43. The number of ether oxygens (including phenoxy) is 1. The van der Waals surface area contributed by atoms with Gasteiger partial charge in [-0.3, -0.25) is 9.58 Å². The van der Waals surface area contributed by atoms with Crippen LogP contribution in [-0.4, -0.2) is 54.8 Å². The summed E-state index contributed by atoms with van der Waals surface area (Å²) in [4.78, 5) is 11.1. The third-order valence-electron chi connectivity index (χ3n) is 4.21. The van der Waals surface area contributed by atoms with Crippen LogP contribution in [0, 0.1) is 6.92 Å². The van der Waals surface area contributed by atoms with Crippen molar-refractivity contribution in [1.82, 2.24) is 29.0 Å². The number of hydrogen-bond acceptors (Lipinski definition) is 5. The van der Waals surface area contributed by atoms with E-state index >= 15 is 0 Å². The van der Waals surface area contributed by atoms with Crippen LogP contribution in [0.25, 0.3) is 5.65 Å². The molecule has 1 fully saturated rings. The molecular formula is C16H20N6O. The standard InChI is InChI=1S/C16H20N6O/c1-13-3-2-4-16-19-14(8-22(13)16)7-20-5-6-23-15(9-20)10-21-12-17-11-18-21/h2-4,8,11-12,15H,5-7,9-10H2,1H3/t15-/m1/s1. The summed E-state index contributed by atoms with van der Waals surface area (Å²) in [6, 6.07) is 6.19. The monoisotopic (exact) mass is 312 g/mol. The lowest BCUT2D eigenvalue weighted by Gasteiger charge is -2.32. The number of rotatable bonds is 4. The Morgan fingerprint density at radius 1 is 1.35 bits per heavy atom. The molecule has 3 aromatic rings. The van der Waals surface area contributed by atoms with Crippen molar-refractivity contribution >= 4 is 5.65 Å². The highest BCUT2D eigenvalue weighted by Crippen LogP contribution is 2.13. The van der Waals surface area contributed by atoms with Gasteiger partial charge < -0.3 is 9.14 Å². The zero-order valence-corrected chi connectivity index (χ0v) is 13.2. The van der Waals surface area contributed by atoms with Gasteiger partial charge in [-0.1, -0.05) is 6.07 Å². The van der Waals surface area contributed by atoms with E-state index in [1.165, 1.54) is 5.69 Å². The van der Waals surface area contributed by atoms with Gasteiger partial charge in [-0.15, -0.1) is 0 Å². The van der Waals surface area contributed by atoms with Gasteiger partial charge in [0.25, 0.3) is 0 Å². The Hall–Kier alpha value is -2.25. The van der Waals surface area contributed by atoms with E-state index in [9.17, 15) is 0 Å². The third-order valence-corrected chi connectivity index (χ3v) is 4.21. The van der Waals surface area contributed by atoms with Gasteiger partial charge in [0.15, 0.2) is 0 Å². The van der Waals surface area contributed by atoms with Crippen molar-refractivity contribution in [2.45, 2.75) is 26.1 Å². The molecule has 1 aliphatic heterocycles. The molecule has 0 aliphatic carbocycles. The molecule has 3 aromatic heterocycles. The molecule has 0 N–H and O–H groups in total. The van der Waals surface area contributed by atoms with Crippen LogP contribution in [0.1, 0.15) is 11.4 Å². The Labute approximate surface area is 134 Å². The summed E-state index contributed by atoms with van der Waals surface area (Å²) in [6.07, 6.45) is 5.56. The van der Waals surface area contributed by atoms with E-state index in [0.717, 1.165) is 44.1 Å². The van der Waals surface area contributed by atoms with Gasteiger partial charge in [-0.2, -0.15) is 5.10 Å². The van der Waals surface area contributed by atoms with E-state index in [-0.39, 0.29) is 6.10 Å². The molecule has 0 unspecified atom stereocenters. The minimum absolute atomic E-state index is 0.143. The number of hydrogen-bond donors (Lipinski definition) is 0. The lowest BCUT2D eigenvalue weighted by molar-refractivity contribution is -0.0405. The summed E-state index contributed by atoms with van der Waals surface area (Å²) < 4.78 is 9.80. The zero-order chi connectivity index (χ0) is 15.6. The van der Waals surface area contributed by atoms with Crippen LogP contribution in [0.4, 0.5) is 0 Å². The molecule has 1 saturated heterocycles. The molecule has 0 aromatic carbocycles. The van der Waals surface area contributed by atoms with Crippen LogP contribution < -0.4 is 0 Å². The fourth-order valence-electron chi connectivity index (χ4n) is 3.07. The van der Waals surface area contributed by atoms with E-state index in [0.29, 0.717) is 0 Å². The minimum Gasteiger partial charge on any atom is -0.374 e. The van der Waals surface area contributed by atoms with Crippen molar-refractivity contribution in [2.24, 2.45) is 0 Å². The zero-order valence-electron chi connectivity index (χ0n) is 13.2. The van der Waals surface area contributed by atoms with Crippen molar-refractivity contribution in [3.05, 3.63) is 48.4 Å². The van der Waals surface area contributed by atoms with Gasteiger partial charge >= 0.3 is 0 Å². The normalized spacial score (nSPS) is 19.4. The number of imidazole rings is 1. The van der Waals surface area contributed by atoms with Gasteiger partial charge in [0.2, 0.25) is 0 Å². The Morgan fingerprint density at radius 2 is 2.30 bits per heavy atom. The molecule has 1 aliphatic rings. The molecule has 7 heteroatoms. The largest absolute Gasteiger partial charge is 0.374 e. The van der Waals surface area contributed by atoms with Crippen molar-refractivity contribution in [1.29, 1.82) is 0 Å². The predicted molar refractivity (Wildman–Crippen MR) is 85.0 cm³/mol. The molecule has 0 bridgehead atoms. The van der Waals surface area contributed by atoms with Crippen LogP contribution in [0.15, 0.2) is 37.1 Å². The average Bonchev–Trinajstić information content (AvgIpc) is 3.18. The predicted octanol–water partition coefficient (Wildman–Crippen LogP) is 1.14. The maximum atomic E-state index is 5.84. The first-order chi connectivity index (χ1) is 11.3. The molecule has 4 rings (SSSR count). The van der Waals surface area contributed by atoms with Gasteiger partial charge in [0, 0.05) is 31.5 Å². The van der Waals surface area contributed by atoms with Gasteiger partial charge in [0.1, 0.15) is 18.3 Å². The second kappa shape index (κ2) is 6.10. The van der Waals surface area contributed by atoms with E-state index in [4.69, 9.17) is 9.72 Å².